The van der Waals surface area contributed by atoms with Crippen molar-refractivity contribution >= 4 is 11.6 Å². The summed E-state index contributed by atoms with van der Waals surface area (Å²) in [5.41, 5.74) is -0.00620. The summed E-state index contributed by atoms with van der Waals surface area (Å²) in [7, 11) is 3.21. The summed E-state index contributed by atoms with van der Waals surface area (Å²) in [5, 5.41) is 6.49. The molecule has 0 aliphatic carbocycles. The fourth-order valence-electron chi connectivity index (χ4n) is 2.70. The van der Waals surface area contributed by atoms with Gasteiger partial charge in [0, 0.05) is 17.3 Å². The summed E-state index contributed by atoms with van der Waals surface area (Å²) >= 11 is 0. The second kappa shape index (κ2) is 8.95. The van der Waals surface area contributed by atoms with Gasteiger partial charge in [0.05, 0.1) is 25.8 Å². The fourth-order valence-corrected chi connectivity index (χ4v) is 2.70. The molecule has 10 heteroatoms. The first kappa shape index (κ1) is 21.3. The van der Waals surface area contributed by atoms with Gasteiger partial charge in [-0.05, 0) is 31.3 Å². The van der Waals surface area contributed by atoms with E-state index in [-0.39, 0.29) is 36.3 Å². The van der Waals surface area contributed by atoms with Gasteiger partial charge >= 0.3 is 6.18 Å². The van der Waals surface area contributed by atoms with Crippen molar-refractivity contribution in [3.8, 4) is 17.1 Å². The molecule has 1 amide bonds. The van der Waals surface area contributed by atoms with Crippen molar-refractivity contribution in [3.05, 3.63) is 60.0 Å². The highest BCUT2D eigenvalue weighted by Gasteiger charge is 2.30. The van der Waals surface area contributed by atoms with Crippen LogP contribution in [0.15, 0.2) is 53.1 Å². The molecular formula is C20H19F3N4O3. The second-order valence-electron chi connectivity index (χ2n) is 6.54. The number of aromatic nitrogens is 2. The molecule has 2 aromatic carbocycles. The maximum absolute atomic E-state index is 12.9. The van der Waals surface area contributed by atoms with E-state index < -0.39 is 11.7 Å². The Kier molecular flexibility index (Phi) is 6.36. The van der Waals surface area contributed by atoms with E-state index in [4.69, 9.17) is 9.26 Å². The Bertz CT molecular complexity index is 1020. The number of likely N-dealkylation sites (N-methyl/N-ethyl adjacent to an activating group) is 1. The van der Waals surface area contributed by atoms with Crippen LogP contribution in [0.4, 0.5) is 18.9 Å². The first-order chi connectivity index (χ1) is 14.2. The predicted molar refractivity (Wildman–Crippen MR) is 103 cm³/mol. The molecule has 0 atom stereocenters. The lowest BCUT2D eigenvalue weighted by Gasteiger charge is -2.14. The van der Waals surface area contributed by atoms with E-state index >= 15 is 0 Å². The number of halogens is 3. The largest absolute Gasteiger partial charge is 0.497 e. The van der Waals surface area contributed by atoms with Crippen molar-refractivity contribution in [2.24, 2.45) is 0 Å². The van der Waals surface area contributed by atoms with Crippen molar-refractivity contribution in [2.45, 2.75) is 12.7 Å². The summed E-state index contributed by atoms with van der Waals surface area (Å²) in [6.45, 7) is 0.190. The molecule has 0 saturated heterocycles. The van der Waals surface area contributed by atoms with E-state index in [0.717, 1.165) is 12.1 Å². The van der Waals surface area contributed by atoms with Gasteiger partial charge in [-0.2, -0.15) is 18.2 Å². The summed E-state index contributed by atoms with van der Waals surface area (Å²) in [5.74, 6) is 0.585. The number of alkyl halides is 3. The van der Waals surface area contributed by atoms with Crippen LogP contribution in [0.2, 0.25) is 0 Å². The molecule has 3 aromatic rings. The third kappa shape index (κ3) is 5.57. The smallest absolute Gasteiger partial charge is 0.416 e. The van der Waals surface area contributed by atoms with Crippen LogP contribution >= 0.6 is 0 Å². The van der Waals surface area contributed by atoms with Crippen LogP contribution in [0.5, 0.6) is 5.75 Å². The van der Waals surface area contributed by atoms with Gasteiger partial charge in [0.25, 0.3) is 0 Å². The van der Waals surface area contributed by atoms with Gasteiger partial charge in [0.2, 0.25) is 17.6 Å². The number of rotatable bonds is 7. The molecule has 0 saturated carbocycles. The van der Waals surface area contributed by atoms with E-state index in [1.165, 1.54) is 19.2 Å². The number of carbonyl (C=O) groups is 1. The minimum absolute atomic E-state index is 0.0402. The van der Waals surface area contributed by atoms with E-state index in [1.54, 1.807) is 36.2 Å². The maximum atomic E-state index is 12.9. The fraction of sp³-hybridized carbons (Fsp3) is 0.250. The zero-order chi connectivity index (χ0) is 21.7. The lowest BCUT2D eigenvalue weighted by Crippen LogP contribution is -2.29. The van der Waals surface area contributed by atoms with Gasteiger partial charge in [0.1, 0.15) is 5.75 Å². The number of hydrogen-bond acceptors (Lipinski definition) is 6. The molecule has 0 bridgehead atoms. The molecule has 0 spiro atoms. The number of benzene rings is 2. The van der Waals surface area contributed by atoms with Crippen molar-refractivity contribution in [2.75, 3.05) is 26.0 Å². The molecule has 3 rings (SSSR count). The topological polar surface area (TPSA) is 80.5 Å². The van der Waals surface area contributed by atoms with Crippen LogP contribution in [-0.2, 0) is 17.5 Å². The van der Waals surface area contributed by atoms with Crippen molar-refractivity contribution in [1.29, 1.82) is 0 Å². The molecule has 30 heavy (non-hydrogen) atoms. The molecule has 0 aliphatic rings. The molecule has 0 fully saturated rings. The molecule has 1 N–H and O–H groups in total. The normalized spacial score (nSPS) is 11.5. The summed E-state index contributed by atoms with van der Waals surface area (Å²) in [6, 6.07) is 11.6. The minimum atomic E-state index is -4.46. The average Bonchev–Trinajstić information content (AvgIpc) is 3.15. The van der Waals surface area contributed by atoms with Gasteiger partial charge in [-0.25, -0.2) is 0 Å². The van der Waals surface area contributed by atoms with Crippen molar-refractivity contribution in [3.63, 3.8) is 0 Å². The Morgan fingerprint density at radius 3 is 2.70 bits per heavy atom. The van der Waals surface area contributed by atoms with E-state index in [9.17, 15) is 18.0 Å². The highest BCUT2D eigenvalue weighted by atomic mass is 19.4. The van der Waals surface area contributed by atoms with Gasteiger partial charge in [-0.3, -0.25) is 9.69 Å². The number of anilines is 1. The zero-order valence-corrected chi connectivity index (χ0v) is 16.2. The standard InChI is InChI=1S/C20H19F3N4O3/c1-27(11-17(28)24-15-7-4-8-16(10-15)29-2)12-18-25-19(26-30-18)13-5-3-6-14(9-13)20(21,22)23/h3-10H,11-12H2,1-2H3,(H,24,28). The van der Waals surface area contributed by atoms with Crippen LogP contribution in [0.25, 0.3) is 11.4 Å². The molecule has 0 radical (unpaired) electrons. The van der Waals surface area contributed by atoms with Gasteiger partial charge in [-0.15, -0.1) is 0 Å². The number of hydrogen-bond donors (Lipinski definition) is 1. The lowest BCUT2D eigenvalue weighted by molar-refractivity contribution is -0.137. The number of ether oxygens (including phenoxy) is 1. The van der Waals surface area contributed by atoms with E-state index in [1.807, 2.05) is 0 Å². The number of carbonyl (C=O) groups excluding carboxylic acids is 1. The Morgan fingerprint density at radius 1 is 1.20 bits per heavy atom. The van der Waals surface area contributed by atoms with Crippen molar-refractivity contribution in [1.82, 2.24) is 15.0 Å². The number of methoxy groups -OCH3 is 1. The second-order valence-corrected chi connectivity index (χ2v) is 6.54. The maximum Gasteiger partial charge on any atom is 0.416 e. The first-order valence-electron chi connectivity index (χ1n) is 8.87. The lowest BCUT2D eigenvalue weighted by atomic mass is 10.1. The molecular weight excluding hydrogens is 401 g/mol. The Hall–Kier alpha value is -3.40. The summed E-state index contributed by atoms with van der Waals surface area (Å²) in [6.07, 6.45) is -4.46. The third-order valence-corrected chi connectivity index (χ3v) is 4.09. The van der Waals surface area contributed by atoms with Gasteiger partial charge < -0.3 is 14.6 Å². The number of amides is 1. The van der Waals surface area contributed by atoms with Crippen LogP contribution in [0, 0.1) is 0 Å². The van der Waals surface area contributed by atoms with Gasteiger partial charge in [0.15, 0.2) is 0 Å². The predicted octanol–water partition coefficient (Wildman–Crippen LogP) is 3.83. The Morgan fingerprint density at radius 2 is 1.97 bits per heavy atom. The highest BCUT2D eigenvalue weighted by Crippen LogP contribution is 2.31. The molecule has 1 aromatic heterocycles. The molecule has 0 aliphatic heterocycles. The van der Waals surface area contributed by atoms with Crippen LogP contribution in [0.1, 0.15) is 11.5 Å². The summed E-state index contributed by atoms with van der Waals surface area (Å²) in [4.78, 5) is 18.0. The Balaban J connectivity index is 1.59. The minimum Gasteiger partial charge on any atom is -0.497 e. The van der Waals surface area contributed by atoms with E-state index in [0.29, 0.717) is 11.4 Å². The monoisotopic (exact) mass is 420 g/mol. The Labute approximate surface area is 170 Å². The number of nitrogens with one attached hydrogen (secondary N) is 1. The van der Waals surface area contributed by atoms with Crippen LogP contribution < -0.4 is 10.1 Å². The molecule has 0 unspecified atom stereocenters. The third-order valence-electron chi connectivity index (χ3n) is 4.09. The SMILES string of the molecule is COc1cccc(NC(=O)CN(C)Cc2nc(-c3cccc(C(F)(F)F)c3)no2)c1. The van der Waals surface area contributed by atoms with Crippen LogP contribution in [0.3, 0.4) is 0 Å². The zero-order valence-electron chi connectivity index (χ0n) is 16.2. The van der Waals surface area contributed by atoms with E-state index in [2.05, 4.69) is 15.5 Å². The van der Waals surface area contributed by atoms with Crippen molar-refractivity contribution < 1.29 is 27.2 Å². The number of nitrogens with zero attached hydrogens (tertiary/aromatic N) is 3. The average molecular weight is 420 g/mol. The first-order valence-corrected chi connectivity index (χ1v) is 8.87. The van der Waals surface area contributed by atoms with Gasteiger partial charge in [-0.1, -0.05) is 23.4 Å². The quantitative estimate of drug-likeness (QED) is 0.626. The van der Waals surface area contributed by atoms with Crippen LogP contribution in [-0.4, -0.2) is 41.6 Å². The molecule has 158 valence electrons. The molecule has 7 nitrogen and oxygen atoms in total. The highest BCUT2D eigenvalue weighted by molar-refractivity contribution is 5.92. The summed E-state index contributed by atoms with van der Waals surface area (Å²) < 4.78 is 48.8. The molecule has 1 heterocycles.